The van der Waals surface area contributed by atoms with Crippen molar-refractivity contribution in [2.45, 2.75) is 30.6 Å². The molecule has 2 atom stereocenters. The van der Waals surface area contributed by atoms with Crippen LogP contribution in [0.5, 0.6) is 5.75 Å². The molecule has 0 aliphatic heterocycles. The molecule has 2 N–H and O–H groups in total. The summed E-state index contributed by atoms with van der Waals surface area (Å²) in [5.74, 6) is -0.0133. The lowest BCUT2D eigenvalue weighted by molar-refractivity contribution is 0.0937. The Labute approximate surface area is 119 Å². The fraction of sp³-hybridized carbons (Fsp3) is 0.462. The predicted molar refractivity (Wildman–Crippen MR) is 78.2 cm³/mol. The second-order valence-electron chi connectivity index (χ2n) is 4.51. The lowest BCUT2D eigenvalue weighted by Gasteiger charge is -2.13. The smallest absolute Gasteiger partial charge is 0.251 e. The van der Waals surface area contributed by atoms with Gasteiger partial charge in [-0.25, -0.2) is 0 Å². The van der Waals surface area contributed by atoms with E-state index in [1.165, 1.54) is 6.07 Å². The number of phenols is 1. The Balaban J connectivity index is 1.97. The van der Waals surface area contributed by atoms with Crippen LogP contribution in [0.15, 0.2) is 22.7 Å². The van der Waals surface area contributed by atoms with E-state index in [9.17, 15) is 9.90 Å². The number of amides is 1. The second-order valence-corrected chi connectivity index (χ2v) is 6.50. The van der Waals surface area contributed by atoms with Crippen molar-refractivity contribution in [1.29, 1.82) is 0 Å². The maximum Gasteiger partial charge on any atom is 0.251 e. The van der Waals surface area contributed by atoms with Crippen LogP contribution in [0.2, 0.25) is 0 Å². The zero-order chi connectivity index (χ0) is 13.1. The number of phenolic OH excluding ortho intramolecular Hbond substituents is 1. The molecule has 1 saturated carbocycles. The molecule has 0 heterocycles. The molecule has 1 aliphatic carbocycles. The molecule has 18 heavy (non-hydrogen) atoms. The van der Waals surface area contributed by atoms with Crippen molar-refractivity contribution in [2.24, 2.45) is 0 Å². The van der Waals surface area contributed by atoms with E-state index >= 15 is 0 Å². The Bertz CT molecular complexity index is 453. The van der Waals surface area contributed by atoms with E-state index in [0.717, 1.165) is 19.3 Å². The lowest BCUT2D eigenvalue weighted by atomic mass is 10.1. The number of hydrogen-bond donors (Lipinski definition) is 2. The van der Waals surface area contributed by atoms with Crippen LogP contribution in [0.4, 0.5) is 0 Å². The second kappa shape index (κ2) is 5.97. The van der Waals surface area contributed by atoms with Crippen molar-refractivity contribution < 1.29 is 9.90 Å². The Kier molecular flexibility index (Phi) is 4.56. The van der Waals surface area contributed by atoms with E-state index in [0.29, 0.717) is 15.3 Å². The number of halogens is 1. The van der Waals surface area contributed by atoms with Gasteiger partial charge in [0, 0.05) is 16.9 Å². The average molecular weight is 330 g/mol. The first-order valence-electron chi connectivity index (χ1n) is 5.92. The number of carbonyl (C=O) groups is 1. The molecule has 2 rings (SSSR count). The van der Waals surface area contributed by atoms with Gasteiger partial charge in [-0.1, -0.05) is 0 Å². The van der Waals surface area contributed by atoms with Crippen molar-refractivity contribution in [2.75, 3.05) is 6.26 Å². The maximum atomic E-state index is 12.0. The number of nitrogens with one attached hydrogen (secondary N) is 1. The number of thioether (sulfide) groups is 1. The molecule has 0 spiro atoms. The molecule has 98 valence electrons. The molecule has 0 radical (unpaired) electrons. The number of hydrogen-bond acceptors (Lipinski definition) is 3. The third-order valence-electron chi connectivity index (χ3n) is 3.26. The van der Waals surface area contributed by atoms with Gasteiger partial charge >= 0.3 is 0 Å². The highest BCUT2D eigenvalue weighted by Crippen LogP contribution is 2.29. The molecule has 3 nitrogen and oxygen atoms in total. The standard InChI is InChI=1S/C13H16BrNO2S/c1-18-10-4-3-9(7-10)15-13(17)8-2-5-11(14)12(16)6-8/h2,5-6,9-10,16H,3-4,7H2,1H3,(H,15,17)/t9-,10-/m0/s1. The first-order valence-corrected chi connectivity index (χ1v) is 8.00. The van der Waals surface area contributed by atoms with Crippen LogP contribution < -0.4 is 5.32 Å². The van der Waals surface area contributed by atoms with E-state index in [2.05, 4.69) is 27.5 Å². The Morgan fingerprint density at radius 2 is 2.28 bits per heavy atom. The van der Waals surface area contributed by atoms with Gasteiger partial charge < -0.3 is 10.4 Å². The zero-order valence-corrected chi connectivity index (χ0v) is 12.6. The number of rotatable bonds is 3. The zero-order valence-electron chi connectivity index (χ0n) is 10.1. The van der Waals surface area contributed by atoms with Gasteiger partial charge in [-0.15, -0.1) is 0 Å². The normalized spacial score (nSPS) is 23.0. The highest BCUT2D eigenvalue weighted by atomic mass is 79.9. The van der Waals surface area contributed by atoms with Crippen LogP contribution >= 0.6 is 27.7 Å². The Hall–Kier alpha value is -0.680. The van der Waals surface area contributed by atoms with Gasteiger partial charge in [0.1, 0.15) is 5.75 Å². The monoisotopic (exact) mass is 329 g/mol. The third-order valence-corrected chi connectivity index (χ3v) is 5.03. The van der Waals surface area contributed by atoms with Crippen molar-refractivity contribution in [1.82, 2.24) is 5.32 Å². The van der Waals surface area contributed by atoms with Gasteiger partial charge in [0.15, 0.2) is 0 Å². The quantitative estimate of drug-likeness (QED) is 0.895. The van der Waals surface area contributed by atoms with Gasteiger partial charge in [-0.3, -0.25) is 4.79 Å². The van der Waals surface area contributed by atoms with Crippen molar-refractivity contribution >= 4 is 33.6 Å². The molecule has 1 amide bonds. The fourth-order valence-electron chi connectivity index (χ4n) is 2.21. The molecular formula is C13H16BrNO2S. The minimum absolute atomic E-state index is 0.0936. The molecular weight excluding hydrogens is 314 g/mol. The molecule has 1 fully saturated rings. The molecule has 0 bridgehead atoms. The van der Waals surface area contributed by atoms with Crippen LogP contribution in [0.1, 0.15) is 29.6 Å². The number of carbonyl (C=O) groups excluding carboxylic acids is 1. The summed E-state index contributed by atoms with van der Waals surface area (Å²) in [5.41, 5.74) is 0.503. The first kappa shape index (κ1) is 13.7. The maximum absolute atomic E-state index is 12.0. The van der Waals surface area contributed by atoms with Crippen LogP contribution in [0.3, 0.4) is 0 Å². The summed E-state index contributed by atoms with van der Waals surface area (Å²) >= 11 is 5.07. The predicted octanol–water partition coefficient (Wildman–Crippen LogP) is 3.17. The van der Waals surface area contributed by atoms with E-state index in [-0.39, 0.29) is 17.7 Å². The van der Waals surface area contributed by atoms with E-state index in [1.807, 2.05) is 11.8 Å². The highest BCUT2D eigenvalue weighted by Gasteiger charge is 2.25. The summed E-state index contributed by atoms with van der Waals surface area (Å²) in [6.45, 7) is 0. The van der Waals surface area contributed by atoms with E-state index in [1.54, 1.807) is 12.1 Å². The molecule has 0 unspecified atom stereocenters. The molecule has 0 saturated heterocycles. The minimum Gasteiger partial charge on any atom is -0.507 e. The fourth-order valence-corrected chi connectivity index (χ4v) is 3.25. The highest BCUT2D eigenvalue weighted by molar-refractivity contribution is 9.10. The van der Waals surface area contributed by atoms with Crippen molar-refractivity contribution in [3.8, 4) is 5.75 Å². The van der Waals surface area contributed by atoms with Crippen LogP contribution in [-0.2, 0) is 0 Å². The lowest BCUT2D eigenvalue weighted by Crippen LogP contribution is -2.33. The summed E-state index contributed by atoms with van der Waals surface area (Å²) in [6.07, 6.45) is 5.36. The minimum atomic E-state index is -0.107. The number of benzene rings is 1. The summed E-state index contributed by atoms with van der Waals surface area (Å²) in [7, 11) is 0. The topological polar surface area (TPSA) is 49.3 Å². The van der Waals surface area contributed by atoms with Gasteiger partial charge in [-0.2, -0.15) is 11.8 Å². The van der Waals surface area contributed by atoms with Crippen molar-refractivity contribution in [3.63, 3.8) is 0 Å². The first-order chi connectivity index (χ1) is 8.60. The summed E-state index contributed by atoms with van der Waals surface area (Å²) < 4.78 is 0.599. The van der Waals surface area contributed by atoms with E-state index in [4.69, 9.17) is 0 Å². The Morgan fingerprint density at radius 3 is 2.89 bits per heavy atom. The van der Waals surface area contributed by atoms with Gasteiger partial charge in [0.25, 0.3) is 5.91 Å². The van der Waals surface area contributed by atoms with Gasteiger partial charge in [0.05, 0.1) is 4.47 Å². The Morgan fingerprint density at radius 1 is 1.50 bits per heavy atom. The third kappa shape index (κ3) is 3.20. The van der Waals surface area contributed by atoms with Crippen molar-refractivity contribution in [3.05, 3.63) is 28.2 Å². The van der Waals surface area contributed by atoms with Crippen LogP contribution in [0.25, 0.3) is 0 Å². The van der Waals surface area contributed by atoms with Gasteiger partial charge in [0.2, 0.25) is 0 Å². The van der Waals surface area contributed by atoms with E-state index < -0.39 is 0 Å². The number of aromatic hydroxyl groups is 1. The van der Waals surface area contributed by atoms with Crippen LogP contribution in [0, 0.1) is 0 Å². The summed E-state index contributed by atoms with van der Waals surface area (Å²) in [6, 6.07) is 5.14. The summed E-state index contributed by atoms with van der Waals surface area (Å²) in [5, 5.41) is 13.2. The molecule has 1 aromatic rings. The SMILES string of the molecule is CS[C@H]1CC[C@H](NC(=O)c2ccc(Br)c(O)c2)C1. The average Bonchev–Trinajstić information content (AvgIpc) is 2.80. The molecule has 5 heteroatoms. The molecule has 1 aliphatic rings. The van der Waals surface area contributed by atoms with Gasteiger partial charge in [-0.05, 0) is 59.6 Å². The molecule has 0 aromatic heterocycles. The molecule has 1 aromatic carbocycles. The summed E-state index contributed by atoms with van der Waals surface area (Å²) in [4.78, 5) is 12.0. The van der Waals surface area contributed by atoms with Crippen LogP contribution in [-0.4, -0.2) is 28.6 Å². The largest absolute Gasteiger partial charge is 0.507 e.